The van der Waals surface area contributed by atoms with Gasteiger partial charge in [0.25, 0.3) is 0 Å². The van der Waals surface area contributed by atoms with Crippen LogP contribution in [0.15, 0.2) is 0 Å². The molecule has 0 heterocycles. The molecule has 0 saturated carbocycles. The highest BCUT2D eigenvalue weighted by Crippen LogP contribution is 2.00. The molecule has 2 N–H and O–H groups in total. The molecule has 44 valence electrons. The van der Waals surface area contributed by atoms with Crippen molar-refractivity contribution in [3.05, 3.63) is 0 Å². The van der Waals surface area contributed by atoms with Crippen LogP contribution >= 0.6 is 0 Å². The first-order valence-electron chi connectivity index (χ1n) is 2.53. The van der Waals surface area contributed by atoms with E-state index >= 15 is 0 Å². The molecular weight excluding hydrogens is 106 g/mol. The lowest BCUT2D eigenvalue weighted by molar-refractivity contribution is 0.236. The Hall–Kier alpha value is 0.137. The highest BCUT2D eigenvalue weighted by atomic mass is 28.3. The van der Waals surface area contributed by atoms with Gasteiger partial charge in [-0.1, -0.05) is 20.0 Å². The van der Waals surface area contributed by atoms with Gasteiger partial charge in [-0.3, -0.25) is 0 Å². The molecule has 0 atom stereocenters. The van der Waals surface area contributed by atoms with E-state index in [-0.39, 0.29) is 0 Å². The van der Waals surface area contributed by atoms with Crippen LogP contribution in [0.5, 0.6) is 0 Å². The quantitative estimate of drug-likeness (QED) is 0.423. The van der Waals surface area contributed by atoms with Crippen molar-refractivity contribution in [3.63, 3.8) is 0 Å². The van der Waals surface area contributed by atoms with Crippen molar-refractivity contribution in [1.82, 2.24) is 5.15 Å². The predicted octanol–water partition coefficient (Wildman–Crippen LogP) is 1.19. The summed E-state index contributed by atoms with van der Waals surface area (Å²) in [5.41, 5.74) is 0. The third-order valence-corrected chi connectivity index (χ3v) is 3.56. The molecule has 0 fully saturated rings. The normalized spacial score (nSPS) is 12.0. The summed E-state index contributed by atoms with van der Waals surface area (Å²) in [7, 11) is -1.35. The predicted molar refractivity (Wildman–Crippen MR) is 32.9 cm³/mol. The first-order chi connectivity index (χ1) is 3.12. The second kappa shape index (κ2) is 2.45. The van der Waals surface area contributed by atoms with Gasteiger partial charge in [-0.05, 0) is 6.04 Å². The van der Waals surface area contributed by atoms with Crippen molar-refractivity contribution >= 4 is 8.24 Å². The molecule has 0 saturated heterocycles. The lowest BCUT2D eigenvalue weighted by Gasteiger charge is -2.15. The summed E-state index contributed by atoms with van der Waals surface area (Å²) in [6.45, 7) is 6.23. The highest BCUT2D eigenvalue weighted by molar-refractivity contribution is 6.74. The molecule has 0 spiro atoms. The number of rotatable bonds is 2. The van der Waals surface area contributed by atoms with Crippen molar-refractivity contribution in [3.8, 4) is 0 Å². The smallest absolute Gasteiger partial charge is 0.149 e. The van der Waals surface area contributed by atoms with E-state index in [0.717, 1.165) is 6.04 Å². The average Bonchev–Trinajstić information content (AvgIpc) is 1.68. The Bertz CT molecular complexity index is 49.7. The summed E-state index contributed by atoms with van der Waals surface area (Å²) < 4.78 is 0. The molecular formula is C4H13NOSi. The molecule has 7 heavy (non-hydrogen) atoms. The molecule has 0 radical (unpaired) electrons. The van der Waals surface area contributed by atoms with Gasteiger partial charge in [0.1, 0.15) is 8.24 Å². The molecule has 0 rings (SSSR count). The van der Waals surface area contributed by atoms with Gasteiger partial charge in [-0.25, -0.2) is 5.15 Å². The molecule has 0 amide bonds. The monoisotopic (exact) mass is 119 g/mol. The van der Waals surface area contributed by atoms with E-state index in [0.29, 0.717) is 0 Å². The minimum absolute atomic E-state index is 1.07. The van der Waals surface area contributed by atoms with Crippen molar-refractivity contribution in [2.75, 3.05) is 0 Å². The molecule has 0 bridgehead atoms. The van der Waals surface area contributed by atoms with Crippen LogP contribution in [0.2, 0.25) is 19.1 Å². The maximum absolute atomic E-state index is 8.41. The summed E-state index contributed by atoms with van der Waals surface area (Å²) in [4.78, 5) is 0. The van der Waals surface area contributed by atoms with E-state index in [1.54, 1.807) is 0 Å². The molecule has 0 aromatic rings. The Labute approximate surface area is 45.6 Å². The van der Waals surface area contributed by atoms with E-state index < -0.39 is 8.24 Å². The van der Waals surface area contributed by atoms with Gasteiger partial charge in [-0.2, -0.15) is 0 Å². The van der Waals surface area contributed by atoms with Crippen LogP contribution in [-0.4, -0.2) is 13.4 Å². The Kier molecular flexibility index (Phi) is 2.49. The second-order valence-corrected chi connectivity index (χ2v) is 7.05. The number of hydrogen-bond donors (Lipinski definition) is 2. The summed E-state index contributed by atoms with van der Waals surface area (Å²) >= 11 is 0. The largest absolute Gasteiger partial charge is 0.324 e. The molecule has 0 unspecified atom stereocenters. The zero-order valence-corrected chi connectivity index (χ0v) is 6.15. The first kappa shape index (κ1) is 7.14. The van der Waals surface area contributed by atoms with Crippen molar-refractivity contribution in [1.29, 1.82) is 0 Å². The average molecular weight is 119 g/mol. The lowest BCUT2D eigenvalue weighted by atomic mass is 11.0. The summed E-state index contributed by atoms with van der Waals surface area (Å²) in [5.74, 6) is 0. The third kappa shape index (κ3) is 2.79. The van der Waals surface area contributed by atoms with Crippen LogP contribution in [0, 0.1) is 0 Å². The first-order valence-corrected chi connectivity index (χ1v) is 5.74. The van der Waals surface area contributed by atoms with E-state index in [4.69, 9.17) is 5.21 Å². The summed E-state index contributed by atoms with van der Waals surface area (Å²) in [5, 5.41) is 10.7. The fourth-order valence-corrected chi connectivity index (χ4v) is 0.237. The lowest BCUT2D eigenvalue weighted by Crippen LogP contribution is -2.41. The number of nitrogens with one attached hydrogen (secondary N) is 1. The van der Waals surface area contributed by atoms with Crippen molar-refractivity contribution < 1.29 is 5.21 Å². The van der Waals surface area contributed by atoms with Gasteiger partial charge in [0.15, 0.2) is 0 Å². The van der Waals surface area contributed by atoms with Gasteiger partial charge in [0, 0.05) is 0 Å². The van der Waals surface area contributed by atoms with E-state index in [2.05, 4.69) is 25.2 Å². The molecule has 0 aliphatic heterocycles. The minimum Gasteiger partial charge on any atom is -0.324 e. The van der Waals surface area contributed by atoms with Gasteiger partial charge < -0.3 is 5.21 Å². The van der Waals surface area contributed by atoms with Crippen LogP contribution in [-0.2, 0) is 0 Å². The topological polar surface area (TPSA) is 32.3 Å². The number of hydrogen-bond acceptors (Lipinski definition) is 2. The second-order valence-electron chi connectivity index (χ2n) is 2.35. The van der Waals surface area contributed by atoms with Crippen molar-refractivity contribution in [2.45, 2.75) is 26.1 Å². The van der Waals surface area contributed by atoms with E-state index in [1.165, 1.54) is 0 Å². The van der Waals surface area contributed by atoms with Gasteiger partial charge in [0.2, 0.25) is 0 Å². The van der Waals surface area contributed by atoms with Crippen LogP contribution in [0.4, 0.5) is 0 Å². The zero-order valence-electron chi connectivity index (χ0n) is 5.15. The molecule has 0 aliphatic rings. The fourth-order valence-electron chi connectivity index (χ4n) is 0.0791. The Morgan fingerprint density at radius 2 is 2.00 bits per heavy atom. The molecule has 0 aromatic heterocycles. The standard InChI is InChI=1S/C4H13NOSi/c1-4-7(2,3)5-6/h5-6H,4H2,1-3H3. The Morgan fingerprint density at radius 1 is 1.57 bits per heavy atom. The van der Waals surface area contributed by atoms with E-state index in [1.807, 2.05) is 0 Å². The molecule has 2 nitrogen and oxygen atoms in total. The van der Waals surface area contributed by atoms with E-state index in [9.17, 15) is 0 Å². The zero-order chi connectivity index (χ0) is 5.91. The SMILES string of the molecule is CC[Si](C)(C)NO. The van der Waals surface area contributed by atoms with Crippen LogP contribution in [0.1, 0.15) is 6.92 Å². The fraction of sp³-hybridized carbons (Fsp3) is 1.00. The third-order valence-electron chi connectivity index (χ3n) is 1.19. The van der Waals surface area contributed by atoms with Gasteiger partial charge >= 0.3 is 0 Å². The summed E-state index contributed by atoms with van der Waals surface area (Å²) in [6.07, 6.45) is 0. The maximum Gasteiger partial charge on any atom is 0.149 e. The Morgan fingerprint density at radius 3 is 2.00 bits per heavy atom. The Balaban J connectivity index is 3.36. The van der Waals surface area contributed by atoms with Gasteiger partial charge in [0.05, 0.1) is 0 Å². The summed E-state index contributed by atoms with van der Waals surface area (Å²) in [6, 6.07) is 1.07. The van der Waals surface area contributed by atoms with Gasteiger partial charge in [-0.15, -0.1) is 0 Å². The van der Waals surface area contributed by atoms with Crippen molar-refractivity contribution in [2.24, 2.45) is 0 Å². The molecule has 3 heteroatoms. The van der Waals surface area contributed by atoms with Crippen LogP contribution < -0.4 is 5.15 Å². The maximum atomic E-state index is 8.41. The molecule has 0 aromatic carbocycles. The highest BCUT2D eigenvalue weighted by Gasteiger charge is 2.15. The van der Waals surface area contributed by atoms with Crippen LogP contribution in [0.3, 0.4) is 0 Å². The minimum atomic E-state index is -1.35. The van der Waals surface area contributed by atoms with Crippen LogP contribution in [0.25, 0.3) is 0 Å². The molecule has 0 aliphatic carbocycles.